The molecule has 0 radical (unpaired) electrons. The molecule has 1 aliphatic heterocycles. The van der Waals surface area contributed by atoms with Crippen LogP contribution in [-0.2, 0) is 0 Å². The van der Waals surface area contributed by atoms with Gasteiger partial charge in [-0.25, -0.2) is 9.78 Å². The maximum absolute atomic E-state index is 12.7. The van der Waals surface area contributed by atoms with Gasteiger partial charge in [0.15, 0.2) is 5.69 Å². The molecule has 1 amide bonds. The largest absolute Gasteiger partial charge is 0.497 e. The molecule has 120 valence electrons. The van der Waals surface area contributed by atoms with E-state index in [4.69, 9.17) is 9.84 Å². The number of amides is 1. The van der Waals surface area contributed by atoms with E-state index in [2.05, 4.69) is 18.8 Å². The fraction of sp³-hybridized carbons (Fsp3) is 0.562. The first kappa shape index (κ1) is 16.3. The van der Waals surface area contributed by atoms with Crippen LogP contribution < -0.4 is 4.74 Å². The van der Waals surface area contributed by atoms with Crippen molar-refractivity contribution in [3.63, 3.8) is 0 Å². The molecule has 1 saturated heterocycles. The van der Waals surface area contributed by atoms with Gasteiger partial charge in [-0.2, -0.15) is 0 Å². The van der Waals surface area contributed by atoms with Gasteiger partial charge in [-0.3, -0.25) is 4.79 Å². The van der Waals surface area contributed by atoms with E-state index in [1.165, 1.54) is 19.2 Å². The Hall–Kier alpha value is -2.11. The predicted molar refractivity (Wildman–Crippen MR) is 81.3 cm³/mol. The van der Waals surface area contributed by atoms with Gasteiger partial charge in [0, 0.05) is 24.7 Å². The molecule has 22 heavy (non-hydrogen) atoms. The van der Waals surface area contributed by atoms with Gasteiger partial charge >= 0.3 is 5.97 Å². The van der Waals surface area contributed by atoms with Crippen LogP contribution in [0, 0.1) is 5.92 Å². The number of nitrogens with zero attached hydrogens (tertiary/aromatic N) is 2. The van der Waals surface area contributed by atoms with Crippen LogP contribution in [0.15, 0.2) is 12.1 Å². The highest BCUT2D eigenvalue weighted by atomic mass is 16.5. The van der Waals surface area contributed by atoms with Crippen molar-refractivity contribution in [3.05, 3.63) is 23.5 Å². The average Bonchev–Trinajstić information content (AvgIpc) is 2.93. The van der Waals surface area contributed by atoms with Crippen LogP contribution in [0.5, 0.6) is 5.75 Å². The highest BCUT2D eigenvalue weighted by Gasteiger charge is 2.31. The molecule has 6 heteroatoms. The lowest BCUT2D eigenvalue weighted by Gasteiger charge is -2.26. The van der Waals surface area contributed by atoms with E-state index >= 15 is 0 Å². The minimum absolute atomic E-state index is 0.132. The molecular formula is C16H22N2O4. The molecule has 0 aromatic carbocycles. The number of carboxylic acids is 1. The smallest absolute Gasteiger partial charge is 0.354 e. The highest BCUT2D eigenvalue weighted by Crippen LogP contribution is 2.26. The van der Waals surface area contributed by atoms with Crippen molar-refractivity contribution in [2.45, 2.75) is 39.2 Å². The third-order valence-electron chi connectivity index (χ3n) is 3.85. The number of pyridine rings is 1. The topological polar surface area (TPSA) is 79.7 Å². The average molecular weight is 306 g/mol. The monoisotopic (exact) mass is 306 g/mol. The molecule has 6 nitrogen and oxygen atoms in total. The van der Waals surface area contributed by atoms with Gasteiger partial charge in [0.1, 0.15) is 11.4 Å². The summed E-state index contributed by atoms with van der Waals surface area (Å²) in [6.07, 6.45) is 2.90. The molecule has 1 aromatic rings. The molecule has 1 aromatic heterocycles. The molecular weight excluding hydrogens is 284 g/mol. The first-order valence-corrected chi connectivity index (χ1v) is 7.52. The summed E-state index contributed by atoms with van der Waals surface area (Å²) in [5.41, 5.74) is -0.0466. The van der Waals surface area contributed by atoms with Crippen molar-refractivity contribution in [3.8, 4) is 5.75 Å². The van der Waals surface area contributed by atoms with Crippen LogP contribution in [0.2, 0.25) is 0 Å². The number of aromatic carboxylic acids is 1. The van der Waals surface area contributed by atoms with E-state index in [1.807, 2.05) is 4.90 Å². The van der Waals surface area contributed by atoms with Crippen molar-refractivity contribution in [2.75, 3.05) is 13.7 Å². The summed E-state index contributed by atoms with van der Waals surface area (Å²) in [6.45, 7) is 4.96. The fourth-order valence-corrected chi connectivity index (χ4v) is 2.88. The Balaban J connectivity index is 2.28. The Bertz CT molecular complexity index is 571. The van der Waals surface area contributed by atoms with Crippen LogP contribution in [0.1, 0.15) is 54.1 Å². The molecule has 0 spiro atoms. The number of aromatic nitrogens is 1. The summed E-state index contributed by atoms with van der Waals surface area (Å²) in [6, 6.07) is 3.02. The first-order chi connectivity index (χ1) is 10.4. The number of likely N-dealkylation sites (tertiary alicyclic amines) is 1. The van der Waals surface area contributed by atoms with Crippen molar-refractivity contribution in [2.24, 2.45) is 5.92 Å². The Morgan fingerprint density at radius 3 is 2.68 bits per heavy atom. The summed E-state index contributed by atoms with van der Waals surface area (Å²) in [5, 5.41) is 9.10. The summed E-state index contributed by atoms with van der Waals surface area (Å²) in [7, 11) is 1.44. The lowest BCUT2D eigenvalue weighted by Crippen LogP contribution is -2.37. The number of hydrogen-bond donors (Lipinski definition) is 1. The van der Waals surface area contributed by atoms with Crippen LogP contribution in [0.3, 0.4) is 0 Å². The van der Waals surface area contributed by atoms with E-state index in [9.17, 15) is 9.59 Å². The lowest BCUT2D eigenvalue weighted by atomic mass is 10.0. The van der Waals surface area contributed by atoms with E-state index in [-0.39, 0.29) is 23.3 Å². The van der Waals surface area contributed by atoms with Gasteiger partial charge in [0.2, 0.25) is 0 Å². The highest BCUT2D eigenvalue weighted by molar-refractivity contribution is 5.95. The number of carbonyl (C=O) groups is 2. The van der Waals surface area contributed by atoms with E-state index in [0.717, 1.165) is 19.3 Å². The Morgan fingerprint density at radius 1 is 1.41 bits per heavy atom. The van der Waals surface area contributed by atoms with Gasteiger partial charge < -0.3 is 14.7 Å². The third-order valence-corrected chi connectivity index (χ3v) is 3.85. The second-order valence-corrected chi connectivity index (χ2v) is 6.01. The number of carbonyl (C=O) groups excluding carboxylic acids is 1. The van der Waals surface area contributed by atoms with Gasteiger partial charge in [-0.1, -0.05) is 13.8 Å². The summed E-state index contributed by atoms with van der Waals surface area (Å²) < 4.78 is 5.08. The zero-order valence-electron chi connectivity index (χ0n) is 13.2. The molecule has 2 rings (SSSR count). The molecule has 1 atom stereocenters. The number of hydrogen-bond acceptors (Lipinski definition) is 4. The number of rotatable bonds is 5. The molecule has 1 unspecified atom stereocenters. The maximum atomic E-state index is 12.7. The van der Waals surface area contributed by atoms with Crippen molar-refractivity contribution in [1.29, 1.82) is 0 Å². The lowest BCUT2D eigenvalue weighted by molar-refractivity contribution is 0.0688. The summed E-state index contributed by atoms with van der Waals surface area (Å²) in [5.74, 6) is -0.556. The van der Waals surface area contributed by atoms with Crippen molar-refractivity contribution < 1.29 is 19.4 Å². The zero-order chi connectivity index (χ0) is 16.3. The fourth-order valence-electron chi connectivity index (χ4n) is 2.88. The number of carboxylic acid groups (broad SMARTS) is 1. The summed E-state index contributed by atoms with van der Waals surface area (Å²) in [4.78, 5) is 29.6. The maximum Gasteiger partial charge on any atom is 0.354 e. The number of methoxy groups -OCH3 is 1. The minimum Gasteiger partial charge on any atom is -0.497 e. The zero-order valence-corrected chi connectivity index (χ0v) is 13.2. The predicted octanol–water partition coefficient (Wildman–Crippen LogP) is 2.44. The van der Waals surface area contributed by atoms with Crippen molar-refractivity contribution >= 4 is 11.9 Å². The molecule has 0 aliphatic carbocycles. The SMILES string of the molecule is COc1cc(C(=O)O)nc(C(=O)N2CCCC2CC(C)C)c1. The molecule has 1 fully saturated rings. The third kappa shape index (κ3) is 3.55. The Labute approximate surface area is 130 Å². The van der Waals surface area contributed by atoms with Gasteiger partial charge in [0.05, 0.1) is 7.11 Å². The minimum atomic E-state index is -1.17. The van der Waals surface area contributed by atoms with E-state index < -0.39 is 5.97 Å². The Morgan fingerprint density at radius 2 is 2.09 bits per heavy atom. The standard InChI is InChI=1S/C16H22N2O4/c1-10(2)7-11-5-4-6-18(11)15(19)13-8-12(22-3)9-14(17-13)16(20)21/h8-11H,4-7H2,1-3H3,(H,20,21). The van der Waals surface area contributed by atoms with E-state index in [0.29, 0.717) is 18.2 Å². The first-order valence-electron chi connectivity index (χ1n) is 7.52. The quantitative estimate of drug-likeness (QED) is 0.903. The van der Waals surface area contributed by atoms with Gasteiger partial charge in [0.25, 0.3) is 5.91 Å². The van der Waals surface area contributed by atoms with Crippen LogP contribution >= 0.6 is 0 Å². The van der Waals surface area contributed by atoms with Gasteiger partial charge in [-0.05, 0) is 25.2 Å². The van der Waals surface area contributed by atoms with Crippen LogP contribution in [0.25, 0.3) is 0 Å². The number of ether oxygens (including phenoxy) is 1. The van der Waals surface area contributed by atoms with Gasteiger partial charge in [-0.15, -0.1) is 0 Å². The molecule has 2 heterocycles. The second kappa shape index (κ2) is 6.77. The van der Waals surface area contributed by atoms with Crippen LogP contribution in [0.4, 0.5) is 0 Å². The van der Waals surface area contributed by atoms with Crippen LogP contribution in [-0.4, -0.2) is 46.6 Å². The van der Waals surface area contributed by atoms with Crippen molar-refractivity contribution in [1.82, 2.24) is 9.88 Å². The summed E-state index contributed by atoms with van der Waals surface area (Å²) >= 11 is 0. The molecule has 0 saturated carbocycles. The second-order valence-electron chi connectivity index (χ2n) is 6.01. The molecule has 0 bridgehead atoms. The normalized spacial score (nSPS) is 17.8. The Kier molecular flexibility index (Phi) is 5.00. The van der Waals surface area contributed by atoms with E-state index in [1.54, 1.807) is 0 Å². The molecule has 1 aliphatic rings. The molecule has 1 N–H and O–H groups in total.